The summed E-state index contributed by atoms with van der Waals surface area (Å²) in [5.41, 5.74) is 1.11. The van der Waals surface area contributed by atoms with Gasteiger partial charge in [0.25, 0.3) is 5.91 Å². The highest BCUT2D eigenvalue weighted by atomic mass is 35.5. The second-order valence-electron chi connectivity index (χ2n) is 8.18. The monoisotopic (exact) mass is 513 g/mol. The second-order valence-corrected chi connectivity index (χ2v) is 8.59. The maximum Gasteiger partial charge on any atom is 0.416 e. The number of halogens is 6. The van der Waals surface area contributed by atoms with Crippen LogP contribution in [-0.4, -0.2) is 10.9 Å². The van der Waals surface area contributed by atoms with Crippen LogP contribution in [0.1, 0.15) is 44.2 Å². The molecule has 180 valence electrons. The van der Waals surface area contributed by atoms with Crippen molar-refractivity contribution in [1.82, 2.24) is 4.98 Å². The summed E-state index contributed by atoms with van der Waals surface area (Å²) < 4.78 is 67.6. The lowest BCUT2D eigenvalue weighted by molar-refractivity contribution is -0.137. The third-order valence-electron chi connectivity index (χ3n) is 5.96. The maximum absolute atomic E-state index is 14.2. The zero-order valence-corrected chi connectivity index (χ0v) is 18.7. The largest absolute Gasteiger partial charge is 0.416 e. The molecule has 0 saturated carbocycles. The van der Waals surface area contributed by atoms with Gasteiger partial charge < -0.3 is 10.3 Å². The number of aromatic nitrogens is 1. The molecule has 1 unspecified atom stereocenters. The molecular weight excluding hydrogens is 501 g/mol. The Morgan fingerprint density at radius 3 is 2.50 bits per heavy atom. The molecule has 0 radical (unpaired) electrons. The van der Waals surface area contributed by atoms with Gasteiger partial charge in [-0.2, -0.15) is 18.4 Å². The van der Waals surface area contributed by atoms with Gasteiger partial charge in [0, 0.05) is 33.7 Å². The summed E-state index contributed by atoms with van der Waals surface area (Å²) in [6, 6.07) is 12.0. The normalized spacial score (nSPS) is 14.2. The Labute approximate surface area is 206 Å². The van der Waals surface area contributed by atoms with E-state index >= 15 is 0 Å². The highest BCUT2D eigenvalue weighted by Crippen LogP contribution is 2.52. The van der Waals surface area contributed by atoms with Crippen LogP contribution >= 0.6 is 11.6 Å². The Bertz CT molecular complexity index is 1590. The number of fused-ring (bicyclic) bond motifs is 3. The van der Waals surface area contributed by atoms with Crippen molar-refractivity contribution < 1.29 is 26.7 Å². The van der Waals surface area contributed by atoms with Crippen molar-refractivity contribution >= 4 is 23.2 Å². The van der Waals surface area contributed by atoms with Crippen LogP contribution in [0.5, 0.6) is 0 Å². The molecule has 0 saturated heterocycles. The molecule has 36 heavy (non-hydrogen) atoms. The Morgan fingerprint density at radius 1 is 1.00 bits per heavy atom. The highest BCUT2D eigenvalue weighted by Gasteiger charge is 2.36. The fraction of sp³-hybridized carbons (Fsp3) is 0.0769. The molecule has 3 aromatic carbocycles. The molecule has 1 aliphatic carbocycles. The van der Waals surface area contributed by atoms with Crippen molar-refractivity contribution in [1.29, 1.82) is 5.26 Å². The van der Waals surface area contributed by atoms with Gasteiger partial charge in [-0.25, -0.2) is 8.78 Å². The van der Waals surface area contributed by atoms with Crippen LogP contribution in [0.4, 0.5) is 27.6 Å². The summed E-state index contributed by atoms with van der Waals surface area (Å²) >= 11 is 6.40. The van der Waals surface area contributed by atoms with E-state index in [0.717, 1.165) is 0 Å². The Kier molecular flexibility index (Phi) is 5.57. The minimum absolute atomic E-state index is 0.0989. The van der Waals surface area contributed by atoms with Gasteiger partial charge in [-0.3, -0.25) is 4.79 Å². The van der Waals surface area contributed by atoms with Crippen LogP contribution in [0.2, 0.25) is 5.02 Å². The average molecular weight is 514 g/mol. The van der Waals surface area contributed by atoms with Crippen molar-refractivity contribution in [3.05, 3.63) is 111 Å². The molecule has 1 atom stereocenters. The first-order valence-electron chi connectivity index (χ1n) is 10.5. The van der Waals surface area contributed by atoms with Gasteiger partial charge in [0.05, 0.1) is 23.1 Å². The molecule has 0 fully saturated rings. The number of hydrogen-bond acceptors (Lipinski definition) is 2. The molecule has 4 aromatic rings. The van der Waals surface area contributed by atoms with Crippen LogP contribution in [-0.2, 0) is 6.18 Å². The van der Waals surface area contributed by atoms with Crippen molar-refractivity contribution in [3.8, 4) is 17.2 Å². The molecule has 1 aliphatic rings. The van der Waals surface area contributed by atoms with E-state index < -0.39 is 40.8 Å². The highest BCUT2D eigenvalue weighted by molar-refractivity contribution is 6.31. The summed E-state index contributed by atoms with van der Waals surface area (Å²) in [5.74, 6) is -3.48. The van der Waals surface area contributed by atoms with Crippen LogP contribution < -0.4 is 5.32 Å². The van der Waals surface area contributed by atoms with E-state index in [-0.39, 0.29) is 16.3 Å². The number of hydrogen-bond donors (Lipinski definition) is 2. The molecule has 5 rings (SSSR count). The van der Waals surface area contributed by atoms with Crippen LogP contribution in [0, 0.1) is 23.0 Å². The van der Waals surface area contributed by atoms with Gasteiger partial charge in [0.2, 0.25) is 0 Å². The van der Waals surface area contributed by atoms with Crippen LogP contribution in [0.15, 0.2) is 60.8 Å². The van der Waals surface area contributed by atoms with E-state index in [0.29, 0.717) is 46.1 Å². The number of amides is 1. The number of nitrogens with one attached hydrogen (secondary N) is 2. The number of aromatic amines is 1. The molecule has 1 amide bonds. The second kappa shape index (κ2) is 8.50. The van der Waals surface area contributed by atoms with Gasteiger partial charge >= 0.3 is 6.18 Å². The standard InChI is InChI=1S/C26H13ClF5N3O/c27-20-2-1-15(28)10-19(20)23-22-18(17-3-4-34-24(17)23)5-12(11-33)6-21(22)35-25(36)13-7-14(26(30,31)32)9-16(29)8-13/h1-10,23,34H,(H,35,36). The van der Waals surface area contributed by atoms with Crippen LogP contribution in [0.25, 0.3) is 11.1 Å². The number of benzene rings is 3. The fourth-order valence-corrected chi connectivity index (χ4v) is 4.71. The SMILES string of the molecule is N#Cc1cc(NC(=O)c2cc(F)cc(C(F)(F)F)c2)c2c(c1)-c1cc[nH]c1C2c1cc(F)ccc1Cl. The average Bonchev–Trinajstić information content (AvgIpc) is 3.41. The molecular formula is C26H13ClF5N3O. The Balaban J connectivity index is 1.66. The summed E-state index contributed by atoms with van der Waals surface area (Å²) in [7, 11) is 0. The summed E-state index contributed by atoms with van der Waals surface area (Å²) in [6.45, 7) is 0. The van der Waals surface area contributed by atoms with Gasteiger partial charge in [-0.1, -0.05) is 11.6 Å². The Morgan fingerprint density at radius 2 is 1.78 bits per heavy atom. The minimum Gasteiger partial charge on any atom is -0.364 e. The number of nitrogens with zero attached hydrogens (tertiary/aromatic N) is 1. The topological polar surface area (TPSA) is 68.7 Å². The fourth-order valence-electron chi connectivity index (χ4n) is 4.48. The number of carbonyl (C=O) groups excluding carboxylic acids is 1. The third kappa shape index (κ3) is 3.99. The van der Waals surface area contributed by atoms with E-state index in [2.05, 4.69) is 10.3 Å². The third-order valence-corrected chi connectivity index (χ3v) is 6.30. The quantitative estimate of drug-likeness (QED) is 0.249. The van der Waals surface area contributed by atoms with Crippen molar-refractivity contribution in [2.45, 2.75) is 12.1 Å². The lowest BCUT2D eigenvalue weighted by atomic mass is 9.89. The first-order valence-corrected chi connectivity index (χ1v) is 10.8. The summed E-state index contributed by atoms with van der Waals surface area (Å²) in [4.78, 5) is 16.1. The molecule has 1 heterocycles. The lowest BCUT2D eigenvalue weighted by Crippen LogP contribution is -2.17. The molecule has 0 bridgehead atoms. The summed E-state index contributed by atoms with van der Waals surface area (Å²) in [5, 5.41) is 12.3. The number of alkyl halides is 3. The predicted molar refractivity (Wildman–Crippen MR) is 123 cm³/mol. The number of nitriles is 1. The first-order chi connectivity index (χ1) is 17.1. The van der Waals surface area contributed by atoms with Gasteiger partial charge in [-0.05, 0) is 71.3 Å². The van der Waals surface area contributed by atoms with Crippen LogP contribution in [0.3, 0.4) is 0 Å². The zero-order chi connectivity index (χ0) is 25.8. The zero-order valence-electron chi connectivity index (χ0n) is 18.0. The molecule has 10 heteroatoms. The first kappa shape index (κ1) is 23.6. The molecule has 0 aliphatic heterocycles. The van der Waals surface area contributed by atoms with E-state index in [1.54, 1.807) is 18.3 Å². The molecule has 4 nitrogen and oxygen atoms in total. The minimum atomic E-state index is -4.86. The number of anilines is 1. The Hall–Kier alpha value is -4.16. The van der Waals surface area contributed by atoms with Gasteiger partial charge in [0.15, 0.2) is 0 Å². The van der Waals surface area contributed by atoms with Gasteiger partial charge in [-0.15, -0.1) is 0 Å². The molecule has 2 N–H and O–H groups in total. The van der Waals surface area contributed by atoms with Gasteiger partial charge in [0.1, 0.15) is 11.6 Å². The maximum atomic E-state index is 14.2. The van der Waals surface area contributed by atoms with Crippen molar-refractivity contribution in [2.24, 2.45) is 0 Å². The predicted octanol–water partition coefficient (Wildman–Crippen LogP) is 7.25. The summed E-state index contributed by atoms with van der Waals surface area (Å²) in [6.07, 6.45) is -3.20. The molecule has 0 spiro atoms. The van der Waals surface area contributed by atoms with E-state index in [9.17, 15) is 32.0 Å². The lowest BCUT2D eigenvalue weighted by Gasteiger charge is -2.20. The number of H-pyrrole nitrogens is 1. The smallest absolute Gasteiger partial charge is 0.364 e. The molecule has 1 aromatic heterocycles. The van der Waals surface area contributed by atoms with E-state index in [1.165, 1.54) is 24.3 Å². The van der Waals surface area contributed by atoms with Crippen molar-refractivity contribution in [3.63, 3.8) is 0 Å². The van der Waals surface area contributed by atoms with E-state index in [4.69, 9.17) is 11.6 Å². The number of rotatable bonds is 3. The van der Waals surface area contributed by atoms with E-state index in [1.807, 2.05) is 6.07 Å². The number of carbonyl (C=O) groups is 1. The van der Waals surface area contributed by atoms with Crippen molar-refractivity contribution in [2.75, 3.05) is 5.32 Å².